The molecule has 0 heterocycles. The van der Waals surface area contributed by atoms with Crippen LogP contribution >= 0.6 is 0 Å². The molecule has 0 atom stereocenters. The van der Waals surface area contributed by atoms with Gasteiger partial charge in [-0.1, -0.05) is 6.07 Å². The number of benzene rings is 1. The van der Waals surface area contributed by atoms with Gasteiger partial charge >= 0.3 is 5.97 Å². The van der Waals surface area contributed by atoms with Gasteiger partial charge in [0.15, 0.2) is 18.3 Å². The van der Waals surface area contributed by atoms with Gasteiger partial charge in [-0.3, -0.25) is 0 Å². The first kappa shape index (κ1) is 14.1. The first-order valence-electron chi connectivity index (χ1n) is 5.27. The fourth-order valence-corrected chi connectivity index (χ4v) is 1.29. The van der Waals surface area contributed by atoms with Crippen molar-refractivity contribution < 1.29 is 23.7 Å². The molecule has 0 radical (unpaired) electrons. The second-order valence-electron chi connectivity index (χ2n) is 3.32. The minimum Gasteiger partial charge on any atom is -0.493 e. The van der Waals surface area contributed by atoms with Crippen LogP contribution in [0.5, 0.6) is 11.5 Å². The van der Waals surface area contributed by atoms with E-state index in [4.69, 9.17) is 14.2 Å². The maximum absolute atomic E-state index is 11.2. The highest BCUT2D eigenvalue weighted by Gasteiger charge is 2.03. The number of carbonyl (C=O) groups excluding carboxylic acids is 1. The summed E-state index contributed by atoms with van der Waals surface area (Å²) in [5.41, 5.74) is 0.807. The van der Waals surface area contributed by atoms with Gasteiger partial charge in [-0.25, -0.2) is 4.79 Å². The van der Waals surface area contributed by atoms with Crippen LogP contribution in [0.2, 0.25) is 0 Å². The molecule has 5 heteroatoms. The van der Waals surface area contributed by atoms with E-state index in [2.05, 4.69) is 4.74 Å². The topological polar surface area (TPSA) is 54.0 Å². The maximum Gasteiger partial charge on any atom is 0.332 e. The zero-order valence-electron chi connectivity index (χ0n) is 10.6. The average molecular weight is 252 g/mol. The Morgan fingerprint density at radius 1 is 1.17 bits per heavy atom. The van der Waals surface area contributed by atoms with E-state index in [0.717, 1.165) is 5.56 Å². The molecule has 1 aromatic carbocycles. The molecular weight excluding hydrogens is 236 g/mol. The lowest BCUT2D eigenvalue weighted by atomic mass is 10.2. The number of esters is 1. The molecule has 5 nitrogen and oxygen atoms in total. The molecule has 0 unspecified atom stereocenters. The molecule has 0 aliphatic rings. The molecule has 0 saturated carbocycles. The number of rotatable bonds is 6. The van der Waals surface area contributed by atoms with Crippen LogP contribution in [0.3, 0.4) is 0 Å². The van der Waals surface area contributed by atoms with Gasteiger partial charge in [0, 0.05) is 13.2 Å². The molecule has 1 rings (SSSR count). The average Bonchev–Trinajstić information content (AvgIpc) is 2.42. The second kappa shape index (κ2) is 7.34. The molecule has 0 N–H and O–H groups in total. The number of methoxy groups -OCH3 is 3. The van der Waals surface area contributed by atoms with E-state index in [0.29, 0.717) is 11.5 Å². The highest BCUT2D eigenvalue weighted by molar-refractivity contribution is 5.87. The van der Waals surface area contributed by atoms with Gasteiger partial charge in [0.05, 0.1) is 14.2 Å². The molecule has 0 aromatic heterocycles. The maximum atomic E-state index is 11.2. The SMILES string of the molecule is COCOC(=O)C=Cc1ccc(OC)c(OC)c1. The van der Waals surface area contributed by atoms with Gasteiger partial charge in [-0.2, -0.15) is 0 Å². The van der Waals surface area contributed by atoms with Crippen LogP contribution in [-0.2, 0) is 14.3 Å². The second-order valence-corrected chi connectivity index (χ2v) is 3.32. The van der Waals surface area contributed by atoms with E-state index < -0.39 is 5.97 Å². The summed E-state index contributed by atoms with van der Waals surface area (Å²) in [5.74, 6) is 0.771. The van der Waals surface area contributed by atoms with Crippen molar-refractivity contribution >= 4 is 12.0 Å². The van der Waals surface area contributed by atoms with Crippen LogP contribution in [0.25, 0.3) is 6.08 Å². The summed E-state index contributed by atoms with van der Waals surface area (Å²) in [6.45, 7) is -0.0604. The van der Waals surface area contributed by atoms with Crippen molar-refractivity contribution in [3.8, 4) is 11.5 Å². The summed E-state index contributed by atoms with van der Waals surface area (Å²) in [6.07, 6.45) is 2.94. The van der Waals surface area contributed by atoms with Crippen molar-refractivity contribution in [2.75, 3.05) is 28.1 Å². The van der Waals surface area contributed by atoms with Crippen LogP contribution in [0.1, 0.15) is 5.56 Å². The minimum absolute atomic E-state index is 0.0604. The molecule has 0 fully saturated rings. The van der Waals surface area contributed by atoms with E-state index in [9.17, 15) is 4.79 Å². The minimum atomic E-state index is -0.466. The van der Waals surface area contributed by atoms with Gasteiger partial charge in [0.25, 0.3) is 0 Å². The van der Waals surface area contributed by atoms with Crippen LogP contribution in [-0.4, -0.2) is 34.1 Å². The van der Waals surface area contributed by atoms with Gasteiger partial charge in [-0.15, -0.1) is 0 Å². The molecule has 0 saturated heterocycles. The molecular formula is C13H16O5. The van der Waals surface area contributed by atoms with Crippen LogP contribution in [0.4, 0.5) is 0 Å². The molecule has 98 valence electrons. The highest BCUT2D eigenvalue weighted by atomic mass is 16.7. The summed E-state index contributed by atoms with van der Waals surface area (Å²) in [4.78, 5) is 11.2. The highest BCUT2D eigenvalue weighted by Crippen LogP contribution is 2.27. The zero-order chi connectivity index (χ0) is 13.4. The monoisotopic (exact) mass is 252 g/mol. The molecule has 0 bridgehead atoms. The Bertz CT molecular complexity index is 425. The predicted molar refractivity (Wildman–Crippen MR) is 66.5 cm³/mol. The number of hydrogen-bond acceptors (Lipinski definition) is 5. The third-order valence-electron chi connectivity index (χ3n) is 2.14. The van der Waals surface area contributed by atoms with Crippen molar-refractivity contribution in [1.29, 1.82) is 0 Å². The smallest absolute Gasteiger partial charge is 0.332 e. The Labute approximate surface area is 106 Å². The van der Waals surface area contributed by atoms with E-state index >= 15 is 0 Å². The molecule has 0 amide bonds. The Kier molecular flexibility index (Phi) is 5.73. The summed E-state index contributed by atoms with van der Waals surface area (Å²) >= 11 is 0. The first-order chi connectivity index (χ1) is 8.71. The molecule has 1 aromatic rings. The van der Waals surface area contributed by atoms with Crippen molar-refractivity contribution in [1.82, 2.24) is 0 Å². The lowest BCUT2D eigenvalue weighted by Gasteiger charge is -2.07. The number of carbonyl (C=O) groups is 1. The largest absolute Gasteiger partial charge is 0.493 e. The van der Waals surface area contributed by atoms with Crippen LogP contribution < -0.4 is 9.47 Å². The quantitative estimate of drug-likeness (QED) is 0.439. The fraction of sp³-hybridized carbons (Fsp3) is 0.308. The number of ether oxygens (including phenoxy) is 4. The molecule has 18 heavy (non-hydrogen) atoms. The van der Waals surface area contributed by atoms with Crippen LogP contribution in [0, 0.1) is 0 Å². The van der Waals surface area contributed by atoms with Crippen molar-refractivity contribution in [3.05, 3.63) is 29.8 Å². The number of hydrogen-bond donors (Lipinski definition) is 0. The summed E-state index contributed by atoms with van der Waals surface area (Å²) in [5, 5.41) is 0. The van der Waals surface area contributed by atoms with Gasteiger partial charge in [0.1, 0.15) is 0 Å². The predicted octanol–water partition coefficient (Wildman–Crippen LogP) is 1.86. The first-order valence-corrected chi connectivity index (χ1v) is 5.27. The summed E-state index contributed by atoms with van der Waals surface area (Å²) in [6, 6.07) is 5.33. The summed E-state index contributed by atoms with van der Waals surface area (Å²) < 4.78 is 19.6. The van der Waals surface area contributed by atoms with Gasteiger partial charge in [0.2, 0.25) is 0 Å². The van der Waals surface area contributed by atoms with E-state index in [1.807, 2.05) is 0 Å². The van der Waals surface area contributed by atoms with Crippen molar-refractivity contribution in [3.63, 3.8) is 0 Å². The Hall–Kier alpha value is -2.01. The van der Waals surface area contributed by atoms with Crippen molar-refractivity contribution in [2.45, 2.75) is 0 Å². The van der Waals surface area contributed by atoms with Gasteiger partial charge < -0.3 is 18.9 Å². The fourth-order valence-electron chi connectivity index (χ4n) is 1.29. The Morgan fingerprint density at radius 3 is 2.50 bits per heavy atom. The lowest BCUT2D eigenvalue weighted by Crippen LogP contribution is -2.03. The zero-order valence-corrected chi connectivity index (χ0v) is 10.6. The van der Waals surface area contributed by atoms with E-state index in [1.165, 1.54) is 13.2 Å². The molecule has 0 aliphatic carbocycles. The third-order valence-corrected chi connectivity index (χ3v) is 2.14. The van der Waals surface area contributed by atoms with Gasteiger partial charge in [-0.05, 0) is 23.8 Å². The third kappa shape index (κ3) is 4.10. The normalized spacial score (nSPS) is 10.4. The standard InChI is InChI=1S/C13H16O5/c1-15-9-18-13(14)7-5-10-4-6-11(16-2)12(8-10)17-3/h4-8H,9H2,1-3H3. The van der Waals surface area contributed by atoms with Crippen molar-refractivity contribution in [2.24, 2.45) is 0 Å². The van der Waals surface area contributed by atoms with E-state index in [-0.39, 0.29) is 6.79 Å². The van der Waals surface area contributed by atoms with Crippen LogP contribution in [0.15, 0.2) is 24.3 Å². The Balaban J connectivity index is 2.73. The van der Waals surface area contributed by atoms with E-state index in [1.54, 1.807) is 38.5 Å². The summed E-state index contributed by atoms with van der Waals surface area (Å²) in [7, 11) is 4.57. The molecule has 0 aliphatic heterocycles. The lowest BCUT2D eigenvalue weighted by molar-refractivity contribution is -0.147. The molecule has 0 spiro atoms. The Morgan fingerprint density at radius 2 is 1.89 bits per heavy atom.